The predicted octanol–water partition coefficient (Wildman–Crippen LogP) is 3.86. The van der Waals surface area contributed by atoms with Crippen LogP contribution in [0.1, 0.15) is 21.5 Å². The Balaban J connectivity index is 1.97. The lowest BCUT2D eigenvalue weighted by Crippen LogP contribution is -2.26. The first kappa shape index (κ1) is 15.7. The quantitative estimate of drug-likeness (QED) is 0.840. The van der Waals surface area contributed by atoms with E-state index in [1.165, 1.54) is 0 Å². The average molecular weight is 323 g/mol. The average Bonchev–Trinajstić information content (AvgIpc) is 2.43. The van der Waals surface area contributed by atoms with Crippen LogP contribution in [0.15, 0.2) is 36.4 Å². The smallest absolute Gasteiger partial charge is 0.251 e. The van der Waals surface area contributed by atoms with Crippen LogP contribution in [0.25, 0.3) is 0 Å². The Bertz CT molecular complexity index is 671. The van der Waals surface area contributed by atoms with Gasteiger partial charge in [0.2, 0.25) is 0 Å². The maximum Gasteiger partial charge on any atom is 0.251 e. The first-order valence-corrected chi connectivity index (χ1v) is 7.31. The van der Waals surface area contributed by atoms with Crippen molar-refractivity contribution in [2.75, 3.05) is 12.3 Å². The van der Waals surface area contributed by atoms with Gasteiger partial charge in [0.1, 0.15) is 0 Å². The van der Waals surface area contributed by atoms with Crippen molar-refractivity contribution in [3.63, 3.8) is 0 Å². The number of anilines is 1. The van der Waals surface area contributed by atoms with Crippen molar-refractivity contribution in [2.45, 2.75) is 13.3 Å². The summed E-state index contributed by atoms with van der Waals surface area (Å²) in [6, 6.07) is 10.6. The molecule has 0 bridgehead atoms. The molecule has 0 spiro atoms. The normalized spacial score (nSPS) is 10.4. The summed E-state index contributed by atoms with van der Waals surface area (Å²) in [5, 5.41) is 4.08. The monoisotopic (exact) mass is 322 g/mol. The Labute approximate surface area is 134 Å². The molecule has 0 heterocycles. The Morgan fingerprint density at radius 1 is 1.19 bits per heavy atom. The maximum absolute atomic E-state index is 12.1. The standard InChI is InChI=1S/C16H16Cl2N2O/c1-10-2-5-13(19)9-14(10)16(21)20-7-6-11-3-4-12(17)8-15(11)18/h2-5,8-9H,6-7,19H2,1H3,(H,20,21). The zero-order valence-corrected chi connectivity index (χ0v) is 13.1. The minimum Gasteiger partial charge on any atom is -0.399 e. The number of nitrogens with one attached hydrogen (secondary N) is 1. The van der Waals surface area contributed by atoms with E-state index >= 15 is 0 Å². The molecule has 2 rings (SSSR count). The predicted molar refractivity (Wildman–Crippen MR) is 88.1 cm³/mol. The number of nitrogens with two attached hydrogens (primary N) is 1. The molecular weight excluding hydrogens is 307 g/mol. The second kappa shape index (κ2) is 6.83. The number of nitrogen functional groups attached to an aromatic ring is 1. The van der Waals surface area contributed by atoms with Gasteiger partial charge in [-0.05, 0) is 48.7 Å². The summed E-state index contributed by atoms with van der Waals surface area (Å²) in [5.74, 6) is -0.134. The lowest BCUT2D eigenvalue weighted by molar-refractivity contribution is 0.0953. The van der Waals surface area contributed by atoms with Gasteiger partial charge in [0.25, 0.3) is 5.91 Å². The topological polar surface area (TPSA) is 55.1 Å². The summed E-state index contributed by atoms with van der Waals surface area (Å²) in [4.78, 5) is 12.1. The number of carbonyl (C=O) groups is 1. The van der Waals surface area contributed by atoms with Gasteiger partial charge in [-0.2, -0.15) is 0 Å². The first-order valence-electron chi connectivity index (χ1n) is 6.55. The van der Waals surface area contributed by atoms with Crippen LogP contribution in [0.5, 0.6) is 0 Å². The van der Waals surface area contributed by atoms with Gasteiger partial charge in [-0.15, -0.1) is 0 Å². The van der Waals surface area contributed by atoms with Crippen molar-refractivity contribution < 1.29 is 4.79 Å². The molecule has 3 nitrogen and oxygen atoms in total. The first-order chi connectivity index (χ1) is 9.97. The third-order valence-electron chi connectivity index (χ3n) is 3.20. The third-order valence-corrected chi connectivity index (χ3v) is 3.79. The van der Waals surface area contributed by atoms with Crippen LogP contribution < -0.4 is 11.1 Å². The second-order valence-electron chi connectivity index (χ2n) is 4.82. The van der Waals surface area contributed by atoms with Crippen LogP contribution in [-0.2, 0) is 6.42 Å². The lowest BCUT2D eigenvalue weighted by atomic mass is 10.1. The summed E-state index contributed by atoms with van der Waals surface area (Å²) >= 11 is 11.9. The van der Waals surface area contributed by atoms with Crippen LogP contribution in [0.3, 0.4) is 0 Å². The number of rotatable bonds is 4. The highest BCUT2D eigenvalue weighted by molar-refractivity contribution is 6.35. The molecule has 1 amide bonds. The number of halogens is 2. The third kappa shape index (κ3) is 4.13. The number of hydrogen-bond donors (Lipinski definition) is 2. The second-order valence-corrected chi connectivity index (χ2v) is 5.66. The van der Waals surface area contributed by atoms with E-state index in [1.54, 1.807) is 24.3 Å². The molecule has 0 fully saturated rings. The van der Waals surface area contributed by atoms with E-state index in [-0.39, 0.29) is 5.91 Å². The molecule has 5 heteroatoms. The highest BCUT2D eigenvalue weighted by Crippen LogP contribution is 2.21. The number of amides is 1. The molecule has 0 atom stereocenters. The molecule has 0 aliphatic rings. The van der Waals surface area contributed by atoms with Crippen molar-refractivity contribution >= 4 is 34.8 Å². The van der Waals surface area contributed by atoms with E-state index in [2.05, 4.69) is 5.32 Å². The van der Waals surface area contributed by atoms with Gasteiger partial charge in [-0.25, -0.2) is 0 Å². The molecule has 0 aliphatic heterocycles. The molecule has 0 aliphatic carbocycles. The van der Waals surface area contributed by atoms with Gasteiger partial charge >= 0.3 is 0 Å². The largest absolute Gasteiger partial charge is 0.399 e. The molecule has 3 N–H and O–H groups in total. The van der Waals surface area contributed by atoms with Crippen LogP contribution in [0.2, 0.25) is 10.0 Å². The van der Waals surface area contributed by atoms with E-state index in [0.717, 1.165) is 11.1 Å². The molecule has 21 heavy (non-hydrogen) atoms. The fraction of sp³-hybridized carbons (Fsp3) is 0.188. The van der Waals surface area contributed by atoms with Crippen molar-refractivity contribution in [3.8, 4) is 0 Å². The molecule has 0 unspecified atom stereocenters. The van der Waals surface area contributed by atoms with Crippen LogP contribution in [0.4, 0.5) is 5.69 Å². The molecule has 0 saturated heterocycles. The van der Waals surface area contributed by atoms with E-state index < -0.39 is 0 Å². The Morgan fingerprint density at radius 2 is 1.95 bits per heavy atom. The molecular formula is C16H16Cl2N2O. The summed E-state index contributed by atoms with van der Waals surface area (Å²) in [5.41, 5.74) is 8.72. The van der Waals surface area contributed by atoms with E-state index in [4.69, 9.17) is 28.9 Å². The summed E-state index contributed by atoms with van der Waals surface area (Å²) < 4.78 is 0. The van der Waals surface area contributed by atoms with Gasteiger partial charge < -0.3 is 11.1 Å². The molecule has 0 saturated carbocycles. The zero-order valence-electron chi connectivity index (χ0n) is 11.6. The van der Waals surface area contributed by atoms with Crippen molar-refractivity contribution in [2.24, 2.45) is 0 Å². The van der Waals surface area contributed by atoms with Gasteiger partial charge in [0.05, 0.1) is 0 Å². The van der Waals surface area contributed by atoms with Crippen LogP contribution in [0, 0.1) is 6.92 Å². The Morgan fingerprint density at radius 3 is 2.67 bits per heavy atom. The molecule has 110 valence electrons. The van der Waals surface area contributed by atoms with E-state index in [1.807, 2.05) is 19.1 Å². The maximum atomic E-state index is 12.1. The van der Waals surface area contributed by atoms with Crippen LogP contribution in [-0.4, -0.2) is 12.5 Å². The van der Waals surface area contributed by atoms with E-state index in [0.29, 0.717) is 34.3 Å². The SMILES string of the molecule is Cc1ccc(N)cc1C(=O)NCCc1ccc(Cl)cc1Cl. The minimum atomic E-state index is -0.134. The van der Waals surface area contributed by atoms with Gasteiger partial charge in [0.15, 0.2) is 0 Å². The summed E-state index contributed by atoms with van der Waals surface area (Å²) in [6.07, 6.45) is 0.642. The Hall–Kier alpha value is -1.71. The summed E-state index contributed by atoms with van der Waals surface area (Å²) in [7, 11) is 0. The molecule has 2 aromatic rings. The van der Waals surface area contributed by atoms with Gasteiger partial charge in [-0.1, -0.05) is 35.3 Å². The minimum absolute atomic E-state index is 0.134. The number of hydrogen-bond acceptors (Lipinski definition) is 2. The summed E-state index contributed by atoms with van der Waals surface area (Å²) in [6.45, 7) is 2.37. The van der Waals surface area contributed by atoms with E-state index in [9.17, 15) is 4.79 Å². The Kier molecular flexibility index (Phi) is 5.10. The fourth-order valence-electron chi connectivity index (χ4n) is 2.01. The lowest BCUT2D eigenvalue weighted by Gasteiger charge is -2.09. The molecule has 0 aromatic heterocycles. The number of benzene rings is 2. The fourth-order valence-corrected chi connectivity index (χ4v) is 2.52. The van der Waals surface area contributed by atoms with Crippen LogP contribution >= 0.6 is 23.2 Å². The van der Waals surface area contributed by atoms with Crippen molar-refractivity contribution in [1.82, 2.24) is 5.32 Å². The highest BCUT2D eigenvalue weighted by Gasteiger charge is 2.09. The van der Waals surface area contributed by atoms with Gasteiger partial charge in [0, 0.05) is 27.8 Å². The van der Waals surface area contributed by atoms with Crippen molar-refractivity contribution in [3.05, 3.63) is 63.1 Å². The number of aryl methyl sites for hydroxylation is 1. The zero-order chi connectivity index (χ0) is 15.4. The molecule has 0 radical (unpaired) electrons. The van der Waals surface area contributed by atoms with Gasteiger partial charge in [-0.3, -0.25) is 4.79 Å². The highest BCUT2D eigenvalue weighted by atomic mass is 35.5. The molecule has 2 aromatic carbocycles. The van der Waals surface area contributed by atoms with Crippen molar-refractivity contribution in [1.29, 1.82) is 0 Å². The number of carbonyl (C=O) groups excluding carboxylic acids is 1.